The summed E-state index contributed by atoms with van der Waals surface area (Å²) in [6.45, 7) is 0.115. The fourth-order valence-electron chi connectivity index (χ4n) is 2.44. The van der Waals surface area contributed by atoms with Crippen LogP contribution in [0.25, 0.3) is 10.9 Å². The molecule has 1 unspecified atom stereocenters. The van der Waals surface area contributed by atoms with Gasteiger partial charge in [0.1, 0.15) is 6.61 Å². The molecular formula is C21H16N2O5S. The van der Waals surface area contributed by atoms with E-state index in [0.29, 0.717) is 16.5 Å². The Morgan fingerprint density at radius 1 is 1.14 bits per heavy atom. The standard InChI is InChI=1S/C21H16N2O5S/c24-20(28-14-15-5-2-1-3-6-15)7-4-10-22-21(25)17-9-8-16-11-18(29(26)27)13-23-19(16)12-17/h1-3,5-6,8-9,11-13H,10,14H2,(H,22,25)(H,26,27). The lowest BCUT2D eigenvalue weighted by Crippen LogP contribution is -2.23. The number of rotatable bonds is 5. The molecule has 0 spiro atoms. The van der Waals surface area contributed by atoms with Crippen molar-refractivity contribution in [3.8, 4) is 11.8 Å². The van der Waals surface area contributed by atoms with Crippen LogP contribution in [0.1, 0.15) is 15.9 Å². The predicted molar refractivity (Wildman–Crippen MR) is 107 cm³/mol. The monoisotopic (exact) mass is 408 g/mol. The second kappa shape index (κ2) is 9.59. The van der Waals surface area contributed by atoms with Crippen LogP contribution >= 0.6 is 0 Å². The molecule has 0 fully saturated rings. The van der Waals surface area contributed by atoms with Gasteiger partial charge >= 0.3 is 5.97 Å². The van der Waals surface area contributed by atoms with Crippen molar-refractivity contribution in [2.24, 2.45) is 0 Å². The van der Waals surface area contributed by atoms with Gasteiger partial charge in [-0.15, -0.1) is 0 Å². The average molecular weight is 408 g/mol. The maximum atomic E-state index is 12.2. The Morgan fingerprint density at radius 2 is 1.93 bits per heavy atom. The number of aromatic nitrogens is 1. The van der Waals surface area contributed by atoms with E-state index in [0.717, 1.165) is 5.56 Å². The van der Waals surface area contributed by atoms with Gasteiger partial charge in [0.2, 0.25) is 0 Å². The number of hydrogen-bond acceptors (Lipinski definition) is 5. The SMILES string of the molecule is O=C(C#CCNC(=O)c1ccc2cc(S(=O)O)cnc2c1)OCc1ccccc1. The summed E-state index contributed by atoms with van der Waals surface area (Å²) >= 11 is -2.12. The Labute approximate surface area is 169 Å². The zero-order valence-electron chi connectivity index (χ0n) is 15.1. The molecule has 1 heterocycles. The Balaban J connectivity index is 1.53. The summed E-state index contributed by atoms with van der Waals surface area (Å²) in [6.07, 6.45) is 1.28. The van der Waals surface area contributed by atoms with Crippen molar-refractivity contribution >= 4 is 33.9 Å². The molecule has 0 aliphatic carbocycles. The molecule has 0 aliphatic heterocycles. The van der Waals surface area contributed by atoms with Crippen LogP contribution in [0.4, 0.5) is 0 Å². The molecule has 0 radical (unpaired) electrons. The van der Waals surface area contributed by atoms with Crippen molar-refractivity contribution in [2.75, 3.05) is 6.54 Å². The number of carbonyl (C=O) groups is 2. The summed E-state index contributed by atoms with van der Waals surface area (Å²) in [5.74, 6) is 3.81. The van der Waals surface area contributed by atoms with Crippen LogP contribution < -0.4 is 5.32 Å². The molecule has 2 N–H and O–H groups in total. The van der Waals surface area contributed by atoms with Crippen molar-refractivity contribution in [2.45, 2.75) is 11.5 Å². The fourth-order valence-corrected chi connectivity index (χ4v) is 2.81. The van der Waals surface area contributed by atoms with Crippen LogP contribution in [0.15, 0.2) is 65.7 Å². The first kappa shape index (κ1) is 20.2. The van der Waals surface area contributed by atoms with E-state index >= 15 is 0 Å². The molecule has 1 amide bonds. The summed E-state index contributed by atoms with van der Waals surface area (Å²) < 4.78 is 25.2. The smallest absolute Gasteiger partial charge is 0.384 e. The highest BCUT2D eigenvalue weighted by Crippen LogP contribution is 2.17. The lowest BCUT2D eigenvalue weighted by atomic mass is 10.1. The Kier molecular flexibility index (Phi) is 6.68. The second-order valence-electron chi connectivity index (χ2n) is 5.87. The number of fused-ring (bicyclic) bond motifs is 1. The summed E-state index contributed by atoms with van der Waals surface area (Å²) in [7, 11) is 0. The fraction of sp³-hybridized carbons (Fsp3) is 0.0952. The van der Waals surface area contributed by atoms with Crippen LogP contribution in [0.5, 0.6) is 0 Å². The maximum Gasteiger partial charge on any atom is 0.384 e. The number of pyridine rings is 1. The van der Waals surface area contributed by atoms with E-state index in [4.69, 9.17) is 9.29 Å². The van der Waals surface area contributed by atoms with Crippen LogP contribution in [-0.4, -0.2) is 32.2 Å². The molecular weight excluding hydrogens is 392 g/mol. The zero-order chi connectivity index (χ0) is 20.6. The van der Waals surface area contributed by atoms with Gasteiger partial charge in [0, 0.05) is 23.1 Å². The molecule has 3 aromatic rings. The minimum atomic E-state index is -2.12. The molecule has 0 saturated heterocycles. The molecule has 0 aliphatic rings. The topological polar surface area (TPSA) is 106 Å². The van der Waals surface area contributed by atoms with Crippen molar-refractivity contribution in [3.63, 3.8) is 0 Å². The maximum absolute atomic E-state index is 12.2. The van der Waals surface area contributed by atoms with E-state index in [-0.39, 0.29) is 24.0 Å². The summed E-state index contributed by atoms with van der Waals surface area (Å²) in [5, 5.41) is 3.23. The molecule has 146 valence electrons. The molecule has 1 atom stereocenters. The van der Waals surface area contributed by atoms with Crippen LogP contribution in [0, 0.1) is 11.8 Å². The second-order valence-corrected chi connectivity index (χ2v) is 6.84. The Bertz CT molecular complexity index is 1140. The number of benzene rings is 2. The number of esters is 1. The third-order valence-corrected chi connectivity index (χ3v) is 4.49. The Hall–Kier alpha value is -3.54. The largest absolute Gasteiger partial charge is 0.451 e. The first-order chi connectivity index (χ1) is 14.0. The van der Waals surface area contributed by atoms with Crippen molar-refractivity contribution in [1.82, 2.24) is 10.3 Å². The van der Waals surface area contributed by atoms with Gasteiger partial charge in [-0.2, -0.15) is 0 Å². The first-order valence-corrected chi connectivity index (χ1v) is 9.62. The molecule has 0 bridgehead atoms. The minimum Gasteiger partial charge on any atom is -0.451 e. The number of ether oxygens (including phenoxy) is 1. The van der Waals surface area contributed by atoms with E-state index in [1.807, 2.05) is 30.3 Å². The van der Waals surface area contributed by atoms with Gasteiger partial charge in [-0.05, 0) is 23.8 Å². The zero-order valence-corrected chi connectivity index (χ0v) is 15.9. The van der Waals surface area contributed by atoms with Gasteiger partial charge in [0.15, 0.2) is 11.1 Å². The van der Waals surface area contributed by atoms with Gasteiger partial charge < -0.3 is 14.6 Å². The normalized spacial score (nSPS) is 11.2. The van der Waals surface area contributed by atoms with Crippen LogP contribution in [0.3, 0.4) is 0 Å². The highest BCUT2D eigenvalue weighted by atomic mass is 32.2. The molecule has 0 saturated carbocycles. The quantitative estimate of drug-likeness (QED) is 0.290. The van der Waals surface area contributed by atoms with Crippen LogP contribution in [0.2, 0.25) is 0 Å². The predicted octanol–water partition coefficient (Wildman–Crippen LogP) is 2.29. The van der Waals surface area contributed by atoms with E-state index < -0.39 is 17.0 Å². The summed E-state index contributed by atoms with van der Waals surface area (Å²) in [5.41, 5.74) is 1.73. The first-order valence-electron chi connectivity index (χ1n) is 8.51. The molecule has 29 heavy (non-hydrogen) atoms. The van der Waals surface area contributed by atoms with E-state index in [2.05, 4.69) is 22.1 Å². The van der Waals surface area contributed by atoms with Gasteiger partial charge in [-0.1, -0.05) is 42.3 Å². The number of nitrogens with zero attached hydrogens (tertiary/aromatic N) is 1. The van der Waals surface area contributed by atoms with Gasteiger partial charge in [-0.25, -0.2) is 9.00 Å². The van der Waals surface area contributed by atoms with E-state index in [1.165, 1.54) is 12.3 Å². The highest BCUT2D eigenvalue weighted by Gasteiger charge is 2.08. The highest BCUT2D eigenvalue weighted by molar-refractivity contribution is 7.79. The minimum absolute atomic E-state index is 0.0207. The van der Waals surface area contributed by atoms with Crippen molar-refractivity contribution in [1.29, 1.82) is 0 Å². The van der Waals surface area contributed by atoms with Crippen molar-refractivity contribution < 1.29 is 23.1 Å². The number of hydrogen-bond donors (Lipinski definition) is 2. The Morgan fingerprint density at radius 3 is 2.69 bits per heavy atom. The molecule has 8 heteroatoms. The van der Waals surface area contributed by atoms with Crippen molar-refractivity contribution in [3.05, 3.63) is 71.9 Å². The average Bonchev–Trinajstić information content (AvgIpc) is 2.75. The molecule has 1 aromatic heterocycles. The van der Waals surface area contributed by atoms with Gasteiger partial charge in [0.25, 0.3) is 5.91 Å². The number of nitrogens with one attached hydrogen (secondary N) is 1. The number of carbonyl (C=O) groups excluding carboxylic acids is 2. The third-order valence-electron chi connectivity index (χ3n) is 3.86. The number of amides is 1. The molecule has 2 aromatic carbocycles. The van der Waals surface area contributed by atoms with Gasteiger partial charge in [-0.3, -0.25) is 9.78 Å². The summed E-state index contributed by atoms with van der Waals surface area (Å²) in [6, 6.07) is 15.5. The lowest BCUT2D eigenvalue weighted by Gasteiger charge is -2.04. The van der Waals surface area contributed by atoms with E-state index in [9.17, 15) is 13.8 Å². The van der Waals surface area contributed by atoms with E-state index in [1.54, 1.807) is 18.2 Å². The van der Waals surface area contributed by atoms with Crippen LogP contribution in [-0.2, 0) is 27.2 Å². The lowest BCUT2D eigenvalue weighted by molar-refractivity contribution is -0.137. The molecule has 7 nitrogen and oxygen atoms in total. The van der Waals surface area contributed by atoms with Gasteiger partial charge in [0.05, 0.1) is 17.0 Å². The third kappa shape index (κ3) is 5.72. The summed E-state index contributed by atoms with van der Waals surface area (Å²) in [4.78, 5) is 28.1. The molecule has 3 rings (SSSR count).